The number of hydroxylamine groups is 1. The zero-order valence-electron chi connectivity index (χ0n) is 81.8. The first kappa shape index (κ1) is 103. The number of rotatable bonds is 18. The minimum absolute atomic E-state index is 0.0205. The number of aliphatic hydroxyl groups excluding tert-OH is 1. The first-order valence-corrected chi connectivity index (χ1v) is 51.8. The van der Waals surface area contributed by atoms with Gasteiger partial charge in [0, 0.05) is 212 Å². The molecule has 1 amide bonds. The Bertz CT molecular complexity index is 7820. The summed E-state index contributed by atoms with van der Waals surface area (Å²) in [4.78, 5) is 44.8. The van der Waals surface area contributed by atoms with Crippen molar-refractivity contribution >= 4 is 134 Å². The van der Waals surface area contributed by atoms with Crippen molar-refractivity contribution in [2.75, 3.05) is 140 Å². The van der Waals surface area contributed by atoms with Crippen LogP contribution in [0.5, 0.6) is 0 Å². The molecule has 18 aromatic heterocycles. The van der Waals surface area contributed by atoms with Gasteiger partial charge >= 0.3 is 0 Å². The van der Waals surface area contributed by atoms with Crippen LogP contribution in [0.4, 0.5) is 34.9 Å². The van der Waals surface area contributed by atoms with Gasteiger partial charge < -0.3 is 98.8 Å². The molecule has 6 fully saturated rings. The minimum atomic E-state index is -0.0205. The van der Waals surface area contributed by atoms with Gasteiger partial charge in [-0.05, 0) is 170 Å². The number of hydrogen-bond acceptors (Lipinski definition) is 37. The lowest BCUT2D eigenvalue weighted by Gasteiger charge is -2.32. The van der Waals surface area contributed by atoms with E-state index >= 15 is 0 Å². The number of likely N-dealkylation sites (N-methyl/N-ethyl adjacent to an activating group) is 1. The number of aryl methyl sites for hydroxylation is 1. The number of hydrogen-bond donors (Lipinski definition) is 14. The molecule has 0 aliphatic carbocycles. The van der Waals surface area contributed by atoms with E-state index in [1.165, 1.54) is 17.0 Å². The molecule has 46 nitrogen and oxygen atoms in total. The van der Waals surface area contributed by atoms with Crippen molar-refractivity contribution in [1.29, 1.82) is 15.8 Å². The van der Waals surface area contributed by atoms with Gasteiger partial charge in [0.15, 0.2) is 33.9 Å². The van der Waals surface area contributed by atoms with Gasteiger partial charge in [-0.3, -0.25) is 14.2 Å². The van der Waals surface area contributed by atoms with E-state index in [0.29, 0.717) is 98.5 Å². The van der Waals surface area contributed by atoms with Crippen molar-refractivity contribution in [3.05, 3.63) is 199 Å². The highest BCUT2D eigenvalue weighted by molar-refractivity contribution is 9.11. The van der Waals surface area contributed by atoms with Crippen molar-refractivity contribution in [3.63, 3.8) is 0 Å². The number of carbonyl (C=O) groups excluding carboxylic acids is 1. The van der Waals surface area contributed by atoms with Crippen LogP contribution >= 0.6 is 59.4 Å². The molecule has 0 spiro atoms. The fourth-order valence-corrected chi connectivity index (χ4v) is 21.6. The van der Waals surface area contributed by atoms with Crippen molar-refractivity contribution < 1.29 is 32.8 Å². The number of fused-ring (bicyclic) bond motifs is 6. The molecule has 0 aromatic carbocycles. The van der Waals surface area contributed by atoms with Crippen molar-refractivity contribution in [2.45, 2.75) is 126 Å². The van der Waals surface area contributed by atoms with Crippen LogP contribution in [-0.4, -0.2) is 239 Å². The van der Waals surface area contributed by atoms with E-state index in [1.54, 1.807) is 131 Å². The van der Waals surface area contributed by atoms with Gasteiger partial charge in [0.2, 0.25) is 23.2 Å². The second-order valence-corrected chi connectivity index (χ2v) is 40.3. The van der Waals surface area contributed by atoms with Gasteiger partial charge in [0.1, 0.15) is 89.2 Å². The second kappa shape index (κ2) is 46.0. The molecule has 20 N–H and O–H groups in total. The van der Waals surface area contributed by atoms with Crippen molar-refractivity contribution in [3.8, 4) is 85.0 Å². The SMILES string of the molecule is CN(C)C(=O)Cn1cc(-c2cnn3c(N)c(Br)c(C4CCCNC4)nc23)cn1.Cn1cc(-c2cnn3c(N)c(Br)c(C4CCCN(CCO)C4)nc23)cn1.N#Cc1cc(-c2cnn3c(N)c(Br)c(C4CCCNC4)nc23)co1.N#Cc1cc(-c2cnn3c(N)c(Cl)c(C4CCCNC4)nc23)co1.N#Cc1cc(-c2cnn3c(N)cc(C4CCCNC4)nc23)co1.Nc1cc(C2CCCNC2)nc2c(-c3coc(CNO)c3)cnn12. The average Bonchev–Trinajstić information content (AvgIpc) is 1.63. The number of nitrogens with zero attached hydrogens (tertiary/aromatic N) is 27. The molecule has 6 atom stereocenters. The number of aliphatic hydroxyl groups is 1. The number of nitrogens with one attached hydrogen (secondary N) is 6. The quantitative estimate of drug-likeness (QED) is 0.0355. The maximum atomic E-state index is 11.9. The van der Waals surface area contributed by atoms with Gasteiger partial charge in [-0.2, -0.15) is 89.1 Å². The van der Waals surface area contributed by atoms with Crippen molar-refractivity contribution in [2.24, 2.45) is 7.05 Å². The molecule has 6 aliphatic rings. The van der Waals surface area contributed by atoms with E-state index in [0.717, 1.165) is 281 Å². The predicted molar refractivity (Wildman–Crippen MR) is 568 cm³/mol. The van der Waals surface area contributed by atoms with Crippen LogP contribution < -0.4 is 66.5 Å². The van der Waals surface area contributed by atoms with E-state index < -0.39 is 0 Å². The van der Waals surface area contributed by atoms with Crippen LogP contribution in [0, 0.1) is 34.0 Å². The summed E-state index contributed by atoms with van der Waals surface area (Å²) in [6.07, 6.45) is 36.9. The highest BCUT2D eigenvalue weighted by Gasteiger charge is 2.33. The lowest BCUT2D eigenvalue weighted by atomic mass is 9.94. The topological polar surface area (TPSA) is 633 Å². The molecule has 24 heterocycles. The molecule has 0 bridgehead atoms. The number of piperidine rings is 6. The van der Waals surface area contributed by atoms with E-state index in [2.05, 4.69) is 126 Å². The van der Waals surface area contributed by atoms with Crippen LogP contribution in [0.3, 0.4) is 0 Å². The summed E-state index contributed by atoms with van der Waals surface area (Å²) in [6, 6.07) is 16.6. The number of nitriles is 3. The number of nitrogens with two attached hydrogens (primary N) is 6. The number of aromatic nitrogens is 22. The number of anilines is 6. The molecule has 0 saturated carbocycles. The number of amides is 1. The predicted octanol–water partition coefficient (Wildman–Crippen LogP) is 11.8. The Morgan fingerprint density at radius 3 is 1.19 bits per heavy atom. The third-order valence-corrected chi connectivity index (χ3v) is 30.3. The second-order valence-electron chi connectivity index (χ2n) is 37.5. The number of nitrogen functional groups attached to an aromatic ring is 6. The number of likely N-dealkylation sites (tertiary alicyclic amines) is 1. The Kier molecular flexibility index (Phi) is 31.8. The van der Waals surface area contributed by atoms with Crippen LogP contribution in [0.2, 0.25) is 5.02 Å². The van der Waals surface area contributed by atoms with Gasteiger partial charge in [0.05, 0.1) is 117 Å². The normalized spacial score (nSPS) is 18.0. The lowest BCUT2D eigenvalue weighted by molar-refractivity contribution is -0.129. The van der Waals surface area contributed by atoms with Crippen molar-refractivity contribution in [1.82, 2.24) is 149 Å². The highest BCUT2D eigenvalue weighted by Crippen LogP contribution is 2.43. The summed E-state index contributed by atoms with van der Waals surface area (Å²) in [5, 5.41) is 96.9. The molecule has 24 rings (SSSR count). The average molecular weight is 2230 g/mol. The molecule has 50 heteroatoms. The van der Waals surface area contributed by atoms with Gasteiger partial charge in [-0.1, -0.05) is 11.6 Å². The summed E-state index contributed by atoms with van der Waals surface area (Å²) in [7, 11) is 5.34. The fourth-order valence-electron chi connectivity index (χ4n) is 19.6. The number of halogens is 4. The molecule has 6 aliphatic heterocycles. The number of furan rings is 4. The summed E-state index contributed by atoms with van der Waals surface area (Å²) in [6.45, 7) is 12.8. The molecule has 6 saturated heterocycles. The first-order valence-electron chi connectivity index (χ1n) is 49.0. The zero-order valence-corrected chi connectivity index (χ0v) is 87.3. The Morgan fingerprint density at radius 2 is 0.805 bits per heavy atom. The van der Waals surface area contributed by atoms with E-state index in [-0.39, 0.29) is 54.7 Å². The number of carbonyl (C=O) groups is 1. The zero-order chi connectivity index (χ0) is 104. The molecular formula is C99H111Br3ClN39O7. The molecule has 6 unspecified atom stereocenters. The van der Waals surface area contributed by atoms with E-state index in [1.807, 2.05) is 55.8 Å². The maximum Gasteiger partial charge on any atom is 0.243 e. The highest BCUT2D eigenvalue weighted by atomic mass is 79.9. The molecule has 149 heavy (non-hydrogen) atoms. The summed E-state index contributed by atoms with van der Waals surface area (Å²) < 4.78 is 36.5. The largest absolute Gasteiger partial charge is 0.467 e. The number of β-amino-alcohol motifs (C(OH)–C–C–N with tert-alkyl or cyclic N) is 1. The lowest BCUT2D eigenvalue weighted by Crippen LogP contribution is -2.36. The Hall–Kier alpha value is -14.6. The smallest absolute Gasteiger partial charge is 0.243 e. The van der Waals surface area contributed by atoms with E-state index in [4.69, 9.17) is 115 Å². The standard InChI is InChI=1S/C18H23BrN8O.C17H22BrN7O.C16H15BrN6O.C16H15ClN6O.C16H20N6O2.C16H16N6O/c1-25(2)14(28)10-26-9-12(7-22-26)13-8-23-27-17(20)15(19)16(24-18(13)27)11-4-3-5-21-6-11;1-23-9-12(7-20-23)13-8-21-25-16(19)14(18)15(22-17(13)25)11-3-2-4-24(10-11)5-6-26;2*17-13-14(9-2-1-3-20-6-9)22-16-12(7-21-23(16)15(13)19)10-4-11(5-18)24-8-10;17-15-5-14(10-2-1-3-18-6-10)21-16-13(8-19-22(15)16)11-4-12(7-20-23)24-9-11;17-6-12-4-11(9-23-12)13-8-20-22-15(18)5-14(21-16(13)22)10-2-1-3-19-7-10/h7-9,11,21H,3-6,10,20H2,1-2H3;7-9,11,26H,2-6,10,19H2,1H3;2*4,7-9,20H,1-3,6,19H2;4-5,8-10,18,20,23H,1-3,6-7,17H2;4-5,8-10,19H,1-3,7,18H2. The fraction of sp³-hybridized carbons (Fsp3) is 0.374. The monoisotopic (exact) mass is 2230 g/mol. The van der Waals surface area contributed by atoms with Gasteiger partial charge in [0.25, 0.3) is 0 Å². The molecular weight excluding hydrogens is 2120 g/mol. The maximum absolute atomic E-state index is 11.9. The van der Waals surface area contributed by atoms with Crippen LogP contribution in [0.25, 0.3) is 101 Å². The summed E-state index contributed by atoms with van der Waals surface area (Å²) >= 11 is 17.3. The third kappa shape index (κ3) is 22.0. The molecule has 0 radical (unpaired) electrons. The van der Waals surface area contributed by atoms with E-state index in [9.17, 15) is 9.90 Å². The minimum Gasteiger partial charge on any atom is -0.467 e. The van der Waals surface area contributed by atoms with Crippen LogP contribution in [-0.2, 0) is 24.9 Å². The van der Waals surface area contributed by atoms with Crippen LogP contribution in [0.1, 0.15) is 170 Å². The summed E-state index contributed by atoms with van der Waals surface area (Å²) in [5.41, 5.74) is 59.3. The first-order chi connectivity index (χ1) is 72.4. The van der Waals surface area contributed by atoms with Crippen LogP contribution in [0.15, 0.2) is 155 Å². The van der Waals surface area contributed by atoms with Gasteiger partial charge in [-0.25, -0.2) is 29.9 Å². The Labute approximate surface area is 882 Å². The Balaban J connectivity index is 0.000000112. The van der Waals surface area contributed by atoms with Gasteiger partial charge in [-0.15, -0.1) is 0 Å². The summed E-state index contributed by atoms with van der Waals surface area (Å²) in [5.74, 6) is 6.33. The molecule has 18 aromatic rings. The Morgan fingerprint density at radius 1 is 0.450 bits per heavy atom. The molecule has 772 valence electrons. The third-order valence-electron chi connectivity index (χ3n) is 27.5.